The molecular weight excluding hydrogens is 430 g/mol. The van der Waals surface area contributed by atoms with Crippen LogP contribution < -0.4 is 10.1 Å². The van der Waals surface area contributed by atoms with Crippen molar-refractivity contribution >= 4 is 28.5 Å². The highest BCUT2D eigenvalue weighted by molar-refractivity contribution is 6.06. The first-order valence-corrected chi connectivity index (χ1v) is 11.7. The maximum atomic E-state index is 13.6. The summed E-state index contributed by atoms with van der Waals surface area (Å²) in [5, 5.41) is 3.58. The van der Waals surface area contributed by atoms with E-state index in [2.05, 4.69) is 24.1 Å². The first kappa shape index (κ1) is 23.7. The van der Waals surface area contributed by atoms with Gasteiger partial charge in [-0.25, -0.2) is 4.79 Å². The molecule has 2 heterocycles. The van der Waals surface area contributed by atoms with E-state index in [1.807, 2.05) is 31.2 Å². The van der Waals surface area contributed by atoms with Crippen molar-refractivity contribution in [1.82, 2.24) is 9.88 Å². The highest BCUT2D eigenvalue weighted by Crippen LogP contribution is 2.30. The third kappa shape index (κ3) is 4.89. The minimum absolute atomic E-state index is 0.348. The average molecular weight is 462 g/mol. The van der Waals surface area contributed by atoms with Crippen LogP contribution in [-0.2, 0) is 22.5 Å². The SMILES string of the molecule is CCC(OC(=O)c1c2c(nc3ccccc13)CCN(C(C)C)C2)C(=O)Nc1cccc(OC)c1. The van der Waals surface area contributed by atoms with Crippen LogP contribution in [0.15, 0.2) is 48.5 Å². The van der Waals surface area contributed by atoms with Crippen LogP contribution in [0.1, 0.15) is 48.8 Å². The van der Waals surface area contributed by atoms with E-state index in [-0.39, 0.29) is 5.91 Å². The van der Waals surface area contributed by atoms with E-state index in [0.717, 1.165) is 35.1 Å². The number of methoxy groups -OCH3 is 1. The lowest BCUT2D eigenvalue weighted by molar-refractivity contribution is -0.124. The molecule has 1 aromatic heterocycles. The molecule has 0 fully saturated rings. The molecule has 1 amide bonds. The molecule has 2 aromatic carbocycles. The number of hydrogen-bond acceptors (Lipinski definition) is 6. The number of nitrogens with zero attached hydrogens (tertiary/aromatic N) is 2. The molecular formula is C27H31N3O4. The van der Waals surface area contributed by atoms with Gasteiger partial charge in [-0.05, 0) is 38.5 Å². The molecule has 0 aliphatic carbocycles. The van der Waals surface area contributed by atoms with Crippen molar-refractivity contribution in [3.05, 3.63) is 65.4 Å². The minimum Gasteiger partial charge on any atom is -0.497 e. The maximum Gasteiger partial charge on any atom is 0.340 e. The molecule has 1 aliphatic heterocycles. The van der Waals surface area contributed by atoms with Gasteiger partial charge < -0.3 is 14.8 Å². The number of carbonyl (C=O) groups is 2. The van der Waals surface area contributed by atoms with Crippen molar-refractivity contribution < 1.29 is 19.1 Å². The summed E-state index contributed by atoms with van der Waals surface area (Å²) in [6, 6.07) is 15.0. The van der Waals surface area contributed by atoms with Gasteiger partial charge in [0.2, 0.25) is 0 Å². The van der Waals surface area contributed by atoms with Crippen molar-refractivity contribution in [3.8, 4) is 5.75 Å². The van der Waals surface area contributed by atoms with E-state index in [1.165, 1.54) is 0 Å². The topological polar surface area (TPSA) is 80.8 Å². The Labute approximate surface area is 200 Å². The Hall–Kier alpha value is -3.45. The third-order valence-electron chi connectivity index (χ3n) is 6.26. The normalized spacial score (nSPS) is 14.5. The number of amides is 1. The van der Waals surface area contributed by atoms with E-state index in [9.17, 15) is 9.59 Å². The summed E-state index contributed by atoms with van der Waals surface area (Å²) in [4.78, 5) is 33.7. The molecule has 0 bridgehead atoms. The van der Waals surface area contributed by atoms with Gasteiger partial charge in [-0.2, -0.15) is 0 Å². The quantitative estimate of drug-likeness (QED) is 0.519. The van der Waals surface area contributed by atoms with Crippen LogP contribution in [0.5, 0.6) is 5.75 Å². The van der Waals surface area contributed by atoms with Crippen molar-refractivity contribution in [2.75, 3.05) is 19.0 Å². The lowest BCUT2D eigenvalue weighted by atomic mass is 9.95. The van der Waals surface area contributed by atoms with E-state index >= 15 is 0 Å². The monoisotopic (exact) mass is 461 g/mol. The second kappa shape index (κ2) is 10.2. The molecule has 7 nitrogen and oxygen atoms in total. The van der Waals surface area contributed by atoms with Crippen molar-refractivity contribution in [3.63, 3.8) is 0 Å². The zero-order valence-corrected chi connectivity index (χ0v) is 20.1. The smallest absolute Gasteiger partial charge is 0.340 e. The molecule has 0 saturated heterocycles. The van der Waals surface area contributed by atoms with Gasteiger partial charge in [0.05, 0.1) is 18.2 Å². The number of fused-ring (bicyclic) bond motifs is 2. The largest absolute Gasteiger partial charge is 0.497 e. The molecule has 4 rings (SSSR count). The Morgan fingerprint density at radius 1 is 1.15 bits per heavy atom. The van der Waals surface area contributed by atoms with Crippen LogP contribution in [-0.4, -0.2) is 47.6 Å². The summed E-state index contributed by atoms with van der Waals surface area (Å²) in [5.41, 5.74) is 3.68. The molecule has 1 unspecified atom stereocenters. The van der Waals surface area contributed by atoms with Crippen LogP contribution in [0.25, 0.3) is 10.9 Å². The molecule has 1 N–H and O–H groups in total. The number of hydrogen-bond donors (Lipinski definition) is 1. The second-order valence-corrected chi connectivity index (χ2v) is 8.77. The van der Waals surface area contributed by atoms with Crippen molar-refractivity contribution in [2.24, 2.45) is 0 Å². The summed E-state index contributed by atoms with van der Waals surface area (Å²) in [6.07, 6.45) is 0.197. The molecule has 1 atom stereocenters. The average Bonchev–Trinajstić information content (AvgIpc) is 2.85. The fraction of sp³-hybridized carbons (Fsp3) is 0.370. The molecule has 0 saturated carbocycles. The summed E-state index contributed by atoms with van der Waals surface area (Å²) in [6.45, 7) is 7.64. The molecule has 3 aromatic rings. The molecule has 7 heteroatoms. The second-order valence-electron chi connectivity index (χ2n) is 8.77. The predicted octanol–water partition coefficient (Wildman–Crippen LogP) is 4.58. The number of nitrogens with one attached hydrogen (secondary N) is 1. The van der Waals surface area contributed by atoms with E-state index < -0.39 is 12.1 Å². The number of anilines is 1. The van der Waals surface area contributed by atoms with E-state index in [0.29, 0.717) is 36.0 Å². The fourth-order valence-corrected chi connectivity index (χ4v) is 4.32. The lowest BCUT2D eigenvalue weighted by Crippen LogP contribution is -2.38. The number of esters is 1. The Balaban J connectivity index is 1.63. The van der Waals surface area contributed by atoms with Gasteiger partial charge >= 0.3 is 5.97 Å². The Kier molecular flexibility index (Phi) is 7.12. The van der Waals surface area contributed by atoms with Gasteiger partial charge in [-0.15, -0.1) is 0 Å². The number of carbonyl (C=O) groups excluding carboxylic acids is 2. The van der Waals surface area contributed by atoms with Gasteiger partial charge in [-0.3, -0.25) is 14.7 Å². The minimum atomic E-state index is -0.925. The van der Waals surface area contributed by atoms with Crippen LogP contribution in [0, 0.1) is 0 Å². The van der Waals surface area contributed by atoms with Crippen LogP contribution in [0.2, 0.25) is 0 Å². The summed E-state index contributed by atoms with van der Waals surface area (Å²) < 4.78 is 11.0. The number of ether oxygens (including phenoxy) is 2. The van der Waals surface area contributed by atoms with E-state index in [1.54, 1.807) is 31.4 Å². The number of aromatic nitrogens is 1. The van der Waals surface area contributed by atoms with Crippen molar-refractivity contribution in [2.45, 2.75) is 52.3 Å². The molecule has 178 valence electrons. The van der Waals surface area contributed by atoms with Gasteiger partial charge in [0.25, 0.3) is 5.91 Å². The Bertz CT molecular complexity index is 1210. The first-order valence-electron chi connectivity index (χ1n) is 11.7. The molecule has 1 aliphatic rings. The maximum absolute atomic E-state index is 13.6. The standard InChI is InChI=1S/C27H31N3O4/c1-5-24(26(31)28-18-9-8-10-19(15-18)33-4)34-27(32)25-20-11-6-7-12-22(20)29-23-13-14-30(17(2)3)16-21(23)25/h6-12,15,17,24H,5,13-14,16H2,1-4H3,(H,28,31). The summed E-state index contributed by atoms with van der Waals surface area (Å²) >= 11 is 0. The highest BCUT2D eigenvalue weighted by Gasteiger charge is 2.30. The number of para-hydroxylation sites is 1. The summed E-state index contributed by atoms with van der Waals surface area (Å²) in [5.74, 6) is -0.235. The number of benzene rings is 2. The van der Waals surface area contributed by atoms with Gasteiger partial charge in [-0.1, -0.05) is 31.2 Å². The van der Waals surface area contributed by atoms with E-state index in [4.69, 9.17) is 14.5 Å². The number of rotatable bonds is 7. The van der Waals surface area contributed by atoms with Gasteiger partial charge in [0.1, 0.15) is 5.75 Å². The van der Waals surface area contributed by atoms with Crippen LogP contribution in [0.4, 0.5) is 5.69 Å². The third-order valence-corrected chi connectivity index (χ3v) is 6.26. The van der Waals surface area contributed by atoms with Crippen LogP contribution in [0.3, 0.4) is 0 Å². The number of pyridine rings is 1. The van der Waals surface area contributed by atoms with Crippen molar-refractivity contribution in [1.29, 1.82) is 0 Å². The zero-order chi connectivity index (χ0) is 24.2. The predicted molar refractivity (Wildman–Crippen MR) is 132 cm³/mol. The Morgan fingerprint density at radius 3 is 2.68 bits per heavy atom. The molecule has 0 radical (unpaired) electrons. The molecule has 0 spiro atoms. The first-order chi connectivity index (χ1) is 16.4. The summed E-state index contributed by atoms with van der Waals surface area (Å²) in [7, 11) is 1.57. The Morgan fingerprint density at radius 2 is 1.94 bits per heavy atom. The molecule has 34 heavy (non-hydrogen) atoms. The lowest BCUT2D eigenvalue weighted by Gasteiger charge is -2.32. The van der Waals surface area contributed by atoms with Gasteiger partial charge in [0, 0.05) is 53.9 Å². The zero-order valence-electron chi connectivity index (χ0n) is 20.1. The van der Waals surface area contributed by atoms with Gasteiger partial charge in [0.15, 0.2) is 6.10 Å². The fourth-order valence-electron chi connectivity index (χ4n) is 4.32. The highest BCUT2D eigenvalue weighted by atomic mass is 16.5. The van der Waals surface area contributed by atoms with Crippen LogP contribution >= 0.6 is 0 Å².